The number of fused-ring (bicyclic) bond motifs is 1. The smallest absolute Gasteiger partial charge is 0.326 e. The van der Waals surface area contributed by atoms with E-state index >= 15 is 0 Å². The van der Waals surface area contributed by atoms with E-state index in [9.17, 15) is 27.6 Å². The van der Waals surface area contributed by atoms with Gasteiger partial charge >= 0.3 is 11.9 Å². The number of hydrogen-bond acceptors (Lipinski definition) is 9. The molecule has 1 saturated heterocycles. The SMILES string of the molecule is Cn1c(=O)c2c(ncn2CC(=O)Nc2ccnc(-c3cnc(N4CCCC4(C)C(F)(F)F)nc3)n2)n(C)c1=O. The molecular formula is C23H23F3N10O3. The third kappa shape index (κ3) is 4.40. The highest BCUT2D eigenvalue weighted by Crippen LogP contribution is 2.44. The number of aryl methyl sites for hydroxylation is 1. The molecule has 4 aromatic heterocycles. The zero-order valence-corrected chi connectivity index (χ0v) is 21.1. The Bertz CT molecular complexity index is 1690. The molecule has 13 nitrogen and oxygen atoms in total. The normalized spacial score (nSPS) is 17.6. The van der Waals surface area contributed by atoms with Gasteiger partial charge in [-0.15, -0.1) is 0 Å². The van der Waals surface area contributed by atoms with Crippen LogP contribution < -0.4 is 21.5 Å². The second-order valence-electron chi connectivity index (χ2n) is 9.36. The molecule has 1 fully saturated rings. The summed E-state index contributed by atoms with van der Waals surface area (Å²) < 4.78 is 44.4. The van der Waals surface area contributed by atoms with Gasteiger partial charge in [0.2, 0.25) is 11.9 Å². The average Bonchev–Trinajstić information content (AvgIpc) is 3.51. The van der Waals surface area contributed by atoms with E-state index in [0.717, 1.165) is 16.4 Å². The number of carbonyl (C=O) groups excluding carboxylic acids is 1. The first kappa shape index (κ1) is 26.0. The van der Waals surface area contributed by atoms with Crippen molar-refractivity contribution in [1.29, 1.82) is 0 Å². The van der Waals surface area contributed by atoms with Crippen molar-refractivity contribution in [2.75, 3.05) is 16.8 Å². The molecule has 16 heteroatoms. The monoisotopic (exact) mass is 544 g/mol. The molecule has 1 amide bonds. The van der Waals surface area contributed by atoms with Crippen LogP contribution in [-0.2, 0) is 25.4 Å². The lowest BCUT2D eigenvalue weighted by Gasteiger charge is -2.36. The van der Waals surface area contributed by atoms with Crippen molar-refractivity contribution in [3.63, 3.8) is 0 Å². The minimum Gasteiger partial charge on any atom is -0.326 e. The second-order valence-corrected chi connectivity index (χ2v) is 9.36. The van der Waals surface area contributed by atoms with Gasteiger partial charge in [0.25, 0.3) is 5.56 Å². The Balaban J connectivity index is 1.33. The number of amides is 1. The third-order valence-electron chi connectivity index (χ3n) is 6.84. The average molecular weight is 544 g/mol. The molecule has 0 spiro atoms. The van der Waals surface area contributed by atoms with Gasteiger partial charge in [0, 0.05) is 39.2 Å². The van der Waals surface area contributed by atoms with Crippen LogP contribution >= 0.6 is 0 Å². The highest BCUT2D eigenvalue weighted by atomic mass is 19.4. The van der Waals surface area contributed by atoms with Crippen LogP contribution in [0.15, 0.2) is 40.6 Å². The van der Waals surface area contributed by atoms with Gasteiger partial charge in [0.1, 0.15) is 17.9 Å². The molecule has 1 N–H and O–H groups in total. The number of nitrogens with one attached hydrogen (secondary N) is 1. The van der Waals surface area contributed by atoms with Gasteiger partial charge in [0.15, 0.2) is 17.0 Å². The van der Waals surface area contributed by atoms with Gasteiger partial charge in [-0.1, -0.05) is 0 Å². The fourth-order valence-electron chi connectivity index (χ4n) is 4.58. The van der Waals surface area contributed by atoms with E-state index in [2.05, 4.69) is 30.2 Å². The maximum Gasteiger partial charge on any atom is 0.411 e. The largest absolute Gasteiger partial charge is 0.411 e. The first-order valence-electron chi connectivity index (χ1n) is 11.8. The molecule has 1 unspecified atom stereocenters. The Morgan fingerprint density at radius 3 is 2.51 bits per heavy atom. The number of alkyl halides is 3. The lowest BCUT2D eigenvalue weighted by Crippen LogP contribution is -2.53. The van der Waals surface area contributed by atoms with Crippen LogP contribution in [0, 0.1) is 0 Å². The maximum atomic E-state index is 13.7. The van der Waals surface area contributed by atoms with Crippen molar-refractivity contribution in [1.82, 2.24) is 38.6 Å². The standard InChI is InChI=1S/C23H23F3N10O3/c1-22(23(24,25)26)6-4-8-36(22)20-28-9-13(10-29-20)17-27-7-5-14(32-17)31-15(37)11-35-12-30-18-16(35)19(38)34(3)21(39)33(18)2/h5,7,9-10,12H,4,6,8,11H2,1-3H3,(H,27,31,32,37). The van der Waals surface area contributed by atoms with Gasteiger partial charge in [-0.05, 0) is 25.8 Å². The Labute approximate surface area is 218 Å². The summed E-state index contributed by atoms with van der Waals surface area (Å²) in [5.74, 6) is -0.280. The van der Waals surface area contributed by atoms with Crippen LogP contribution in [0.2, 0.25) is 0 Å². The lowest BCUT2D eigenvalue weighted by atomic mass is 9.98. The molecule has 1 aliphatic rings. The summed E-state index contributed by atoms with van der Waals surface area (Å²) in [7, 11) is 2.81. The predicted molar refractivity (Wildman–Crippen MR) is 133 cm³/mol. The van der Waals surface area contributed by atoms with Crippen LogP contribution in [0.3, 0.4) is 0 Å². The molecule has 1 aliphatic heterocycles. The molecule has 204 valence electrons. The molecule has 1 atom stereocenters. The van der Waals surface area contributed by atoms with E-state index in [1.165, 1.54) is 54.2 Å². The van der Waals surface area contributed by atoms with Gasteiger partial charge in [-0.25, -0.2) is 29.7 Å². The Kier molecular flexibility index (Phi) is 6.19. The van der Waals surface area contributed by atoms with Gasteiger partial charge in [-0.3, -0.25) is 18.7 Å². The third-order valence-corrected chi connectivity index (χ3v) is 6.84. The summed E-state index contributed by atoms with van der Waals surface area (Å²) in [6.07, 6.45) is 1.23. The van der Waals surface area contributed by atoms with Crippen molar-refractivity contribution < 1.29 is 18.0 Å². The molecule has 5 rings (SSSR count). The number of carbonyl (C=O) groups is 1. The number of rotatable bonds is 5. The Morgan fingerprint density at radius 2 is 1.82 bits per heavy atom. The Morgan fingerprint density at radius 1 is 1.10 bits per heavy atom. The molecule has 5 heterocycles. The number of imidazole rings is 1. The second kappa shape index (κ2) is 9.28. The molecule has 0 saturated carbocycles. The fraction of sp³-hybridized carbons (Fsp3) is 0.391. The molecule has 0 aliphatic carbocycles. The number of hydrogen-bond donors (Lipinski definition) is 1. The number of aromatic nitrogens is 8. The first-order chi connectivity index (χ1) is 18.4. The van der Waals surface area contributed by atoms with Crippen molar-refractivity contribution >= 4 is 28.8 Å². The molecular weight excluding hydrogens is 521 g/mol. The lowest BCUT2D eigenvalue weighted by molar-refractivity contribution is -0.178. The van der Waals surface area contributed by atoms with E-state index in [-0.39, 0.29) is 48.3 Å². The van der Waals surface area contributed by atoms with Crippen LogP contribution in [0.1, 0.15) is 19.8 Å². The number of halogens is 3. The van der Waals surface area contributed by atoms with E-state index in [1.807, 2.05) is 0 Å². The van der Waals surface area contributed by atoms with Gasteiger partial charge in [0.05, 0.1) is 11.9 Å². The first-order valence-corrected chi connectivity index (χ1v) is 11.8. The van der Waals surface area contributed by atoms with E-state index in [0.29, 0.717) is 12.0 Å². The molecule has 0 bridgehead atoms. The summed E-state index contributed by atoms with van der Waals surface area (Å²) in [5, 5.41) is 2.61. The van der Waals surface area contributed by atoms with Crippen LogP contribution in [0.25, 0.3) is 22.6 Å². The quantitative estimate of drug-likeness (QED) is 0.392. The van der Waals surface area contributed by atoms with Crippen LogP contribution in [0.5, 0.6) is 0 Å². The van der Waals surface area contributed by atoms with Gasteiger partial charge < -0.3 is 14.8 Å². The molecule has 0 aromatic carbocycles. The van der Waals surface area contributed by atoms with Crippen molar-refractivity contribution in [3.05, 3.63) is 51.8 Å². The molecule has 39 heavy (non-hydrogen) atoms. The summed E-state index contributed by atoms with van der Waals surface area (Å²) in [6, 6.07) is 1.45. The Hall–Kier alpha value is -4.63. The minimum absolute atomic E-state index is 0.0447. The summed E-state index contributed by atoms with van der Waals surface area (Å²) in [6.45, 7) is 1.04. The highest BCUT2D eigenvalue weighted by Gasteiger charge is 2.57. The number of anilines is 2. The van der Waals surface area contributed by atoms with E-state index in [4.69, 9.17) is 0 Å². The predicted octanol–water partition coefficient (Wildman–Crippen LogP) is 1.24. The topological polar surface area (TPSA) is 146 Å². The van der Waals surface area contributed by atoms with Crippen molar-refractivity contribution in [2.45, 2.75) is 38.0 Å². The van der Waals surface area contributed by atoms with Crippen LogP contribution in [0.4, 0.5) is 24.9 Å². The molecule has 4 aromatic rings. The zero-order valence-electron chi connectivity index (χ0n) is 21.1. The zero-order chi connectivity index (χ0) is 28.1. The van der Waals surface area contributed by atoms with Crippen molar-refractivity contribution in [2.24, 2.45) is 14.1 Å². The van der Waals surface area contributed by atoms with E-state index < -0.39 is 28.9 Å². The number of nitrogens with zero attached hydrogens (tertiary/aromatic N) is 9. The summed E-state index contributed by atoms with van der Waals surface area (Å²) in [5.41, 5.74) is -2.59. The fourth-order valence-corrected chi connectivity index (χ4v) is 4.58. The van der Waals surface area contributed by atoms with E-state index in [1.54, 1.807) is 0 Å². The summed E-state index contributed by atoms with van der Waals surface area (Å²) >= 11 is 0. The van der Waals surface area contributed by atoms with Crippen LogP contribution in [-0.4, -0.2) is 62.8 Å². The van der Waals surface area contributed by atoms with Crippen molar-refractivity contribution in [3.8, 4) is 11.4 Å². The highest BCUT2D eigenvalue weighted by molar-refractivity contribution is 5.90. The molecule has 0 radical (unpaired) electrons. The summed E-state index contributed by atoms with van der Waals surface area (Å²) in [4.78, 5) is 59.3. The minimum atomic E-state index is -4.44. The maximum absolute atomic E-state index is 13.7. The van der Waals surface area contributed by atoms with Gasteiger partial charge in [-0.2, -0.15) is 13.2 Å².